The maximum absolute atomic E-state index is 13.5. The summed E-state index contributed by atoms with van der Waals surface area (Å²) in [5.74, 6) is -4.64. The second-order valence-corrected chi connectivity index (χ2v) is 8.34. The highest BCUT2D eigenvalue weighted by Crippen LogP contribution is 2.34. The predicted octanol–water partition coefficient (Wildman–Crippen LogP) is 6.43. The molecule has 9 nitrogen and oxygen atoms in total. The number of urea groups is 2. The third-order valence-electron chi connectivity index (χ3n) is 5.12. The van der Waals surface area contributed by atoms with Gasteiger partial charge in [-0.25, -0.2) is 23.2 Å². The topological polar surface area (TPSA) is 126 Å². The molecule has 0 aliphatic heterocycles. The van der Waals surface area contributed by atoms with Crippen molar-refractivity contribution in [1.29, 1.82) is 0 Å². The Labute approximate surface area is 233 Å². The molecule has 3 rings (SSSR count). The van der Waals surface area contributed by atoms with Gasteiger partial charge in [-0.15, -0.1) is 0 Å². The number of carbonyl (C=O) groups excluding carboxylic acids is 4. The largest absolute Gasteiger partial charge is 0.466 e. The molecule has 3 aromatic carbocycles. The first kappa shape index (κ1) is 30.6. The molecule has 0 atom stereocenters. The number of para-hydroxylation sites is 1. The number of hydrogen-bond acceptors (Lipinski definition) is 5. The molecule has 0 heterocycles. The smallest absolute Gasteiger partial charge is 0.418 e. The lowest BCUT2D eigenvalue weighted by molar-refractivity contribution is -0.137. The Morgan fingerprint density at radius 3 is 2.20 bits per heavy atom. The number of esters is 1. The fourth-order valence-electron chi connectivity index (χ4n) is 3.26. The molecule has 0 aliphatic carbocycles. The average Bonchev–Trinajstić information content (AvgIpc) is 2.89. The monoisotopic (exact) mass is 596 g/mol. The summed E-state index contributed by atoms with van der Waals surface area (Å²) in [6.45, 7) is 0. The first-order chi connectivity index (χ1) is 19.3. The number of rotatable bonds is 6. The summed E-state index contributed by atoms with van der Waals surface area (Å²) in [6, 6.07) is 6.89. The number of nitrogens with one attached hydrogen (secondary N) is 4. The molecule has 0 spiro atoms. The van der Waals surface area contributed by atoms with E-state index in [9.17, 15) is 41.1 Å². The van der Waals surface area contributed by atoms with Crippen molar-refractivity contribution >= 4 is 58.7 Å². The number of carbonyl (C=O) groups is 4. The molecule has 3 aromatic rings. The average molecular weight is 597 g/mol. The fraction of sp³-hybridized carbons (Fsp3) is 0.0769. The van der Waals surface area contributed by atoms with E-state index in [1.807, 2.05) is 5.32 Å². The highest BCUT2D eigenvalue weighted by Gasteiger charge is 2.33. The molecule has 5 amide bonds. The van der Waals surface area contributed by atoms with Gasteiger partial charge >= 0.3 is 24.2 Å². The first-order valence-electron chi connectivity index (χ1n) is 11.2. The summed E-state index contributed by atoms with van der Waals surface area (Å²) in [5.41, 5.74) is -2.09. The van der Waals surface area contributed by atoms with Crippen LogP contribution < -0.4 is 21.3 Å². The molecule has 0 unspecified atom stereocenters. The van der Waals surface area contributed by atoms with Crippen LogP contribution in [0.5, 0.6) is 0 Å². The Morgan fingerprint density at radius 1 is 0.854 bits per heavy atom. The van der Waals surface area contributed by atoms with E-state index in [-0.39, 0.29) is 16.9 Å². The minimum atomic E-state index is -4.73. The highest BCUT2D eigenvalue weighted by atomic mass is 35.5. The van der Waals surface area contributed by atoms with Crippen LogP contribution in [0.25, 0.3) is 6.08 Å². The summed E-state index contributed by atoms with van der Waals surface area (Å²) in [6.07, 6.45) is -2.51. The zero-order valence-corrected chi connectivity index (χ0v) is 21.4. The third-order valence-corrected chi connectivity index (χ3v) is 5.43. The van der Waals surface area contributed by atoms with Crippen molar-refractivity contribution in [2.75, 3.05) is 23.1 Å². The van der Waals surface area contributed by atoms with Gasteiger partial charge in [0.2, 0.25) is 0 Å². The van der Waals surface area contributed by atoms with Gasteiger partial charge in [0.1, 0.15) is 0 Å². The molecule has 0 bridgehead atoms. The van der Waals surface area contributed by atoms with E-state index in [0.717, 1.165) is 31.4 Å². The van der Waals surface area contributed by atoms with E-state index in [4.69, 9.17) is 11.6 Å². The lowest BCUT2D eigenvalue weighted by Crippen LogP contribution is -2.34. The van der Waals surface area contributed by atoms with Gasteiger partial charge < -0.3 is 20.7 Å². The molecule has 15 heteroatoms. The fourth-order valence-corrected chi connectivity index (χ4v) is 3.49. The maximum Gasteiger partial charge on any atom is 0.418 e. The van der Waals surface area contributed by atoms with Gasteiger partial charge in [-0.3, -0.25) is 10.1 Å². The van der Waals surface area contributed by atoms with E-state index >= 15 is 0 Å². The lowest BCUT2D eigenvalue weighted by atomic mass is 10.1. The number of alkyl halides is 3. The van der Waals surface area contributed by atoms with Crippen LogP contribution in [0.2, 0.25) is 5.02 Å². The molecular formula is C26H18ClF5N4O5. The summed E-state index contributed by atoms with van der Waals surface area (Å²) in [4.78, 5) is 48.9. The van der Waals surface area contributed by atoms with Crippen LogP contribution in [0, 0.1) is 11.6 Å². The Morgan fingerprint density at radius 2 is 1.51 bits per heavy atom. The molecule has 0 aliphatic rings. The Bertz CT molecular complexity index is 1550. The van der Waals surface area contributed by atoms with Gasteiger partial charge in [0.15, 0.2) is 11.6 Å². The SMILES string of the molecule is COC(=O)/C=C/c1ccc(NC(=O)Nc2ccccc2C(F)(F)F)cc1NC(=O)NC(=O)c1cc(F)c(F)cc1Cl. The van der Waals surface area contributed by atoms with Crippen LogP contribution in [-0.2, 0) is 15.7 Å². The number of benzene rings is 3. The van der Waals surface area contributed by atoms with Gasteiger partial charge in [0, 0.05) is 11.8 Å². The standard InChI is InChI=1S/C26H18ClF5N4O5/c1-41-22(37)9-7-13-6-8-14(33-24(39)34-20-5-3-2-4-16(20)26(30,31)32)10-21(13)35-25(40)36-23(38)15-11-18(28)19(29)12-17(15)27/h2-12H,1H3,(H2,33,34,39)(H2,35,36,38,40)/b9-7+. The number of imide groups is 1. The molecular weight excluding hydrogens is 579 g/mol. The van der Waals surface area contributed by atoms with E-state index < -0.39 is 63.6 Å². The zero-order chi connectivity index (χ0) is 30.3. The molecule has 0 saturated carbocycles. The molecule has 41 heavy (non-hydrogen) atoms. The van der Waals surface area contributed by atoms with Crippen molar-refractivity contribution in [3.63, 3.8) is 0 Å². The quantitative estimate of drug-likeness (QED) is 0.113. The number of amides is 5. The molecule has 4 N–H and O–H groups in total. The Kier molecular flexibility index (Phi) is 9.63. The van der Waals surface area contributed by atoms with Crippen LogP contribution in [-0.4, -0.2) is 31.0 Å². The van der Waals surface area contributed by atoms with Crippen molar-refractivity contribution in [3.05, 3.63) is 94.0 Å². The second kappa shape index (κ2) is 12.9. The number of halogens is 6. The normalized spacial score (nSPS) is 11.1. The van der Waals surface area contributed by atoms with E-state index in [1.54, 1.807) is 0 Å². The van der Waals surface area contributed by atoms with Crippen molar-refractivity contribution < 1.29 is 45.9 Å². The third kappa shape index (κ3) is 8.25. The number of hydrogen-bond donors (Lipinski definition) is 4. The molecule has 0 saturated heterocycles. The molecule has 214 valence electrons. The molecule has 0 aromatic heterocycles. The second-order valence-electron chi connectivity index (χ2n) is 7.94. The van der Waals surface area contributed by atoms with E-state index in [2.05, 4.69) is 20.7 Å². The maximum atomic E-state index is 13.5. The summed E-state index contributed by atoms with van der Waals surface area (Å²) >= 11 is 5.75. The van der Waals surface area contributed by atoms with Crippen molar-refractivity contribution in [3.8, 4) is 0 Å². The van der Waals surface area contributed by atoms with Crippen LogP contribution >= 0.6 is 11.6 Å². The van der Waals surface area contributed by atoms with Crippen molar-refractivity contribution in [2.24, 2.45) is 0 Å². The van der Waals surface area contributed by atoms with Gasteiger partial charge in [-0.2, -0.15) is 13.2 Å². The van der Waals surface area contributed by atoms with Crippen LogP contribution in [0.1, 0.15) is 21.5 Å². The first-order valence-corrected chi connectivity index (χ1v) is 11.6. The Hall–Kier alpha value is -4.98. The van der Waals surface area contributed by atoms with Crippen LogP contribution in [0.4, 0.5) is 48.6 Å². The summed E-state index contributed by atoms with van der Waals surface area (Å²) in [5, 5.41) is 8.07. The van der Waals surface area contributed by atoms with Crippen LogP contribution in [0.15, 0.2) is 60.7 Å². The van der Waals surface area contributed by atoms with Crippen molar-refractivity contribution in [1.82, 2.24) is 5.32 Å². The van der Waals surface area contributed by atoms with E-state index in [0.29, 0.717) is 12.1 Å². The van der Waals surface area contributed by atoms with Gasteiger partial charge in [-0.1, -0.05) is 29.8 Å². The zero-order valence-electron chi connectivity index (χ0n) is 20.7. The summed E-state index contributed by atoms with van der Waals surface area (Å²) in [7, 11) is 1.12. The van der Waals surface area contributed by atoms with Gasteiger partial charge in [0.25, 0.3) is 5.91 Å². The Balaban J connectivity index is 1.82. The lowest BCUT2D eigenvalue weighted by Gasteiger charge is -2.15. The minimum Gasteiger partial charge on any atom is -0.466 e. The van der Waals surface area contributed by atoms with E-state index in [1.165, 1.54) is 30.3 Å². The molecule has 0 fully saturated rings. The van der Waals surface area contributed by atoms with Crippen LogP contribution in [0.3, 0.4) is 0 Å². The number of methoxy groups -OCH3 is 1. The number of ether oxygens (including phenoxy) is 1. The highest BCUT2D eigenvalue weighted by molar-refractivity contribution is 6.34. The molecule has 0 radical (unpaired) electrons. The predicted molar refractivity (Wildman–Crippen MR) is 139 cm³/mol. The van der Waals surface area contributed by atoms with Crippen molar-refractivity contribution in [2.45, 2.75) is 6.18 Å². The van der Waals surface area contributed by atoms with Gasteiger partial charge in [-0.05, 0) is 48.0 Å². The minimum absolute atomic E-state index is 0.0208. The van der Waals surface area contributed by atoms with Gasteiger partial charge in [0.05, 0.1) is 34.6 Å². The summed E-state index contributed by atoms with van der Waals surface area (Å²) < 4.78 is 71.1. The number of anilines is 3.